The molecule has 0 aliphatic heterocycles. The molecule has 7 heteroatoms. The lowest BCUT2D eigenvalue weighted by Gasteiger charge is -2.15. The summed E-state index contributed by atoms with van der Waals surface area (Å²) in [7, 11) is 4.62. The van der Waals surface area contributed by atoms with E-state index >= 15 is 0 Å². The van der Waals surface area contributed by atoms with Crippen molar-refractivity contribution in [3.05, 3.63) is 23.8 Å². The van der Waals surface area contributed by atoms with Crippen molar-refractivity contribution in [2.75, 3.05) is 47.7 Å². The van der Waals surface area contributed by atoms with E-state index in [9.17, 15) is 9.90 Å². The zero-order valence-electron chi connectivity index (χ0n) is 13.1. The number of carbonyl (C=O) groups excluding carboxylic acids is 1. The van der Waals surface area contributed by atoms with Gasteiger partial charge in [-0.2, -0.15) is 0 Å². The third kappa shape index (κ3) is 5.88. The molecule has 1 atom stereocenters. The second kappa shape index (κ2) is 9.99. The summed E-state index contributed by atoms with van der Waals surface area (Å²) < 4.78 is 20.2. The van der Waals surface area contributed by atoms with E-state index < -0.39 is 6.10 Å². The van der Waals surface area contributed by atoms with Crippen LogP contribution in [0, 0.1) is 0 Å². The fraction of sp³-hybridized carbons (Fsp3) is 0.533. The molecule has 7 nitrogen and oxygen atoms in total. The van der Waals surface area contributed by atoms with Gasteiger partial charge in [-0.1, -0.05) is 6.07 Å². The van der Waals surface area contributed by atoms with Crippen molar-refractivity contribution in [1.82, 2.24) is 5.32 Å². The third-order valence-electron chi connectivity index (χ3n) is 2.95. The van der Waals surface area contributed by atoms with Crippen LogP contribution in [0.1, 0.15) is 11.7 Å². The summed E-state index contributed by atoms with van der Waals surface area (Å²) in [5.74, 6) is 0.804. The lowest BCUT2D eigenvalue weighted by molar-refractivity contribution is -0.126. The number of nitrogens with one attached hydrogen (secondary N) is 1. The van der Waals surface area contributed by atoms with Gasteiger partial charge >= 0.3 is 0 Å². The minimum Gasteiger partial charge on any atom is -0.493 e. The summed E-state index contributed by atoms with van der Waals surface area (Å²) in [5.41, 5.74) is 0.623. The summed E-state index contributed by atoms with van der Waals surface area (Å²) in [6.07, 6.45) is -0.845. The number of hydrogen-bond acceptors (Lipinski definition) is 6. The van der Waals surface area contributed by atoms with Crippen LogP contribution in [0.25, 0.3) is 0 Å². The van der Waals surface area contributed by atoms with E-state index in [2.05, 4.69) is 5.32 Å². The zero-order valence-corrected chi connectivity index (χ0v) is 13.1. The fourth-order valence-electron chi connectivity index (χ4n) is 1.75. The second-order valence-electron chi connectivity index (χ2n) is 4.48. The van der Waals surface area contributed by atoms with Gasteiger partial charge in [-0.3, -0.25) is 4.79 Å². The van der Waals surface area contributed by atoms with Gasteiger partial charge in [0.1, 0.15) is 6.61 Å². The lowest BCUT2D eigenvalue weighted by atomic mass is 10.1. The molecule has 0 radical (unpaired) electrons. The average molecular weight is 313 g/mol. The van der Waals surface area contributed by atoms with Gasteiger partial charge in [0.2, 0.25) is 5.91 Å². The molecular formula is C15H23NO6. The largest absolute Gasteiger partial charge is 0.493 e. The fourth-order valence-corrected chi connectivity index (χ4v) is 1.75. The number of carbonyl (C=O) groups is 1. The van der Waals surface area contributed by atoms with E-state index in [1.54, 1.807) is 25.3 Å². The van der Waals surface area contributed by atoms with Gasteiger partial charge in [-0.05, 0) is 17.7 Å². The van der Waals surface area contributed by atoms with E-state index in [1.807, 2.05) is 0 Å². The minimum atomic E-state index is -0.845. The van der Waals surface area contributed by atoms with Crippen molar-refractivity contribution in [1.29, 1.82) is 0 Å². The Hall–Kier alpha value is -1.83. The van der Waals surface area contributed by atoms with E-state index in [0.29, 0.717) is 30.3 Å². The molecule has 1 amide bonds. The number of hydrogen-bond donors (Lipinski definition) is 2. The summed E-state index contributed by atoms with van der Waals surface area (Å²) in [4.78, 5) is 11.5. The maximum atomic E-state index is 11.5. The Morgan fingerprint density at radius 3 is 2.55 bits per heavy atom. The summed E-state index contributed by atoms with van der Waals surface area (Å²) in [6.45, 7) is 0.799. The van der Waals surface area contributed by atoms with E-state index in [0.717, 1.165) is 0 Å². The molecule has 2 N–H and O–H groups in total. The van der Waals surface area contributed by atoms with Crippen molar-refractivity contribution in [2.24, 2.45) is 0 Å². The summed E-state index contributed by atoms with van der Waals surface area (Å²) >= 11 is 0. The van der Waals surface area contributed by atoms with Crippen LogP contribution in [-0.4, -0.2) is 58.7 Å². The molecule has 1 unspecified atom stereocenters. The zero-order chi connectivity index (χ0) is 16.4. The number of aliphatic hydroxyl groups is 1. The molecular weight excluding hydrogens is 290 g/mol. The van der Waals surface area contributed by atoms with Crippen LogP contribution in [0.4, 0.5) is 0 Å². The molecule has 1 aromatic carbocycles. The first-order valence-corrected chi connectivity index (χ1v) is 6.85. The first kappa shape index (κ1) is 18.2. The highest BCUT2D eigenvalue weighted by molar-refractivity contribution is 5.77. The molecule has 0 bridgehead atoms. The van der Waals surface area contributed by atoms with E-state index in [4.69, 9.17) is 18.9 Å². The molecule has 1 rings (SSSR count). The Morgan fingerprint density at radius 2 is 1.91 bits per heavy atom. The molecule has 0 saturated carbocycles. The maximum absolute atomic E-state index is 11.5. The Labute approximate surface area is 130 Å². The minimum absolute atomic E-state index is 0.0674. The SMILES string of the molecule is COCCOCC(=O)NCC(O)c1ccc(OC)c(OC)c1. The number of aliphatic hydroxyl groups excluding tert-OH is 1. The highest BCUT2D eigenvalue weighted by Gasteiger charge is 2.13. The quantitative estimate of drug-likeness (QED) is 0.612. The Bertz CT molecular complexity index is 465. The van der Waals surface area contributed by atoms with Crippen molar-refractivity contribution in [3.8, 4) is 11.5 Å². The molecule has 22 heavy (non-hydrogen) atoms. The van der Waals surface area contributed by atoms with Gasteiger partial charge in [0, 0.05) is 13.7 Å². The molecule has 0 aromatic heterocycles. The predicted octanol–water partition coefficient (Wildman–Crippen LogP) is 0.516. The van der Waals surface area contributed by atoms with Crippen molar-refractivity contribution in [2.45, 2.75) is 6.10 Å². The van der Waals surface area contributed by atoms with Gasteiger partial charge in [0.25, 0.3) is 0 Å². The number of amides is 1. The summed E-state index contributed by atoms with van der Waals surface area (Å²) in [5, 5.41) is 12.7. The van der Waals surface area contributed by atoms with Gasteiger partial charge in [-0.15, -0.1) is 0 Å². The standard InChI is InChI=1S/C15H23NO6/c1-19-6-7-22-10-15(18)16-9-12(17)11-4-5-13(20-2)14(8-11)21-3/h4-5,8,12,17H,6-7,9-10H2,1-3H3,(H,16,18). The smallest absolute Gasteiger partial charge is 0.246 e. The molecule has 0 saturated heterocycles. The van der Waals surface area contributed by atoms with Gasteiger partial charge in [0.05, 0.1) is 33.5 Å². The molecule has 0 aliphatic carbocycles. The first-order valence-electron chi connectivity index (χ1n) is 6.85. The maximum Gasteiger partial charge on any atom is 0.246 e. The highest BCUT2D eigenvalue weighted by atomic mass is 16.5. The van der Waals surface area contributed by atoms with Crippen LogP contribution in [0.2, 0.25) is 0 Å². The van der Waals surface area contributed by atoms with Crippen molar-refractivity contribution in [3.63, 3.8) is 0 Å². The predicted molar refractivity (Wildman–Crippen MR) is 80.2 cm³/mol. The first-order chi connectivity index (χ1) is 10.6. The van der Waals surface area contributed by atoms with Gasteiger partial charge in [-0.25, -0.2) is 0 Å². The third-order valence-corrected chi connectivity index (χ3v) is 2.95. The number of rotatable bonds is 10. The van der Waals surface area contributed by atoms with Crippen LogP contribution >= 0.6 is 0 Å². The number of benzene rings is 1. The average Bonchev–Trinajstić information content (AvgIpc) is 2.55. The second-order valence-corrected chi connectivity index (χ2v) is 4.48. The number of ether oxygens (including phenoxy) is 4. The van der Waals surface area contributed by atoms with Crippen LogP contribution < -0.4 is 14.8 Å². The van der Waals surface area contributed by atoms with Crippen LogP contribution in [0.3, 0.4) is 0 Å². The molecule has 1 aromatic rings. The van der Waals surface area contributed by atoms with Crippen LogP contribution in [0.15, 0.2) is 18.2 Å². The normalized spacial score (nSPS) is 11.8. The Balaban J connectivity index is 2.44. The van der Waals surface area contributed by atoms with E-state index in [-0.39, 0.29) is 19.1 Å². The molecule has 0 aliphatic rings. The van der Waals surface area contributed by atoms with Crippen molar-refractivity contribution >= 4 is 5.91 Å². The van der Waals surface area contributed by atoms with Gasteiger partial charge in [0.15, 0.2) is 11.5 Å². The van der Waals surface area contributed by atoms with Gasteiger partial charge < -0.3 is 29.4 Å². The summed E-state index contributed by atoms with van der Waals surface area (Å²) in [6, 6.07) is 5.09. The van der Waals surface area contributed by atoms with Crippen molar-refractivity contribution < 1.29 is 28.8 Å². The topological polar surface area (TPSA) is 86.3 Å². The Morgan fingerprint density at radius 1 is 1.18 bits per heavy atom. The van der Waals surface area contributed by atoms with E-state index in [1.165, 1.54) is 14.2 Å². The highest BCUT2D eigenvalue weighted by Crippen LogP contribution is 2.29. The molecule has 0 fully saturated rings. The lowest BCUT2D eigenvalue weighted by Crippen LogP contribution is -2.31. The molecule has 0 spiro atoms. The monoisotopic (exact) mass is 313 g/mol. The van der Waals surface area contributed by atoms with Crippen LogP contribution in [0.5, 0.6) is 11.5 Å². The van der Waals surface area contributed by atoms with Crippen LogP contribution in [-0.2, 0) is 14.3 Å². The molecule has 124 valence electrons. The molecule has 0 heterocycles. The Kier molecular flexibility index (Phi) is 8.27. The number of methoxy groups -OCH3 is 3.